The number of fused-ring (bicyclic) bond motifs is 1. The molecule has 6 heteroatoms. The van der Waals surface area contributed by atoms with Gasteiger partial charge in [0.2, 0.25) is 5.76 Å². The smallest absolute Gasteiger partial charge is 0.374 e. The van der Waals surface area contributed by atoms with Crippen LogP contribution >= 0.6 is 0 Å². The molecule has 2 fully saturated rings. The van der Waals surface area contributed by atoms with Crippen LogP contribution in [0.15, 0.2) is 10.5 Å². The summed E-state index contributed by atoms with van der Waals surface area (Å²) in [6.07, 6.45) is 0.261. The maximum Gasteiger partial charge on any atom is 0.374 e. The second kappa shape index (κ2) is 6.02. The predicted octanol–water partition coefficient (Wildman–Crippen LogP) is 1.45. The van der Waals surface area contributed by atoms with Gasteiger partial charge in [-0.05, 0) is 27.0 Å². The molecule has 2 aliphatic heterocycles. The highest BCUT2D eigenvalue weighted by Gasteiger charge is 2.41. The number of likely N-dealkylation sites (N-methyl/N-ethyl adjacent to an activating group) is 1. The molecule has 0 N–H and O–H groups in total. The van der Waals surface area contributed by atoms with Crippen LogP contribution in [0.4, 0.5) is 0 Å². The lowest BCUT2D eigenvalue weighted by Crippen LogP contribution is -2.48. The van der Waals surface area contributed by atoms with Crippen LogP contribution in [0.5, 0.6) is 0 Å². The average Bonchev–Trinajstić information content (AvgIpc) is 3.10. The van der Waals surface area contributed by atoms with Gasteiger partial charge in [-0.2, -0.15) is 0 Å². The minimum Gasteiger partial charge on any atom is -0.463 e. The van der Waals surface area contributed by atoms with E-state index in [0.717, 1.165) is 37.6 Å². The first kappa shape index (κ1) is 15.5. The molecule has 0 bridgehead atoms. The number of furan rings is 1. The molecule has 0 spiro atoms. The first-order chi connectivity index (χ1) is 10.5. The fourth-order valence-electron chi connectivity index (χ4n) is 3.39. The largest absolute Gasteiger partial charge is 0.463 e. The number of carbonyl (C=O) groups excluding carboxylic acids is 1. The fraction of sp³-hybridized carbons (Fsp3) is 0.688. The zero-order valence-corrected chi connectivity index (χ0v) is 13.7. The van der Waals surface area contributed by atoms with Gasteiger partial charge in [-0.25, -0.2) is 4.79 Å². The van der Waals surface area contributed by atoms with Gasteiger partial charge < -0.3 is 13.9 Å². The minimum atomic E-state index is -0.422. The highest BCUT2D eigenvalue weighted by molar-refractivity contribution is 5.87. The van der Waals surface area contributed by atoms with Crippen LogP contribution < -0.4 is 0 Å². The second-order valence-corrected chi connectivity index (χ2v) is 6.24. The van der Waals surface area contributed by atoms with Crippen molar-refractivity contribution in [3.05, 3.63) is 23.2 Å². The van der Waals surface area contributed by atoms with Gasteiger partial charge in [0.15, 0.2) is 0 Å². The van der Waals surface area contributed by atoms with Crippen LogP contribution in [-0.2, 0) is 9.47 Å². The van der Waals surface area contributed by atoms with Crippen molar-refractivity contribution in [1.82, 2.24) is 9.80 Å². The maximum absolute atomic E-state index is 11.7. The molecule has 1 aromatic heterocycles. The van der Waals surface area contributed by atoms with Crippen LogP contribution in [0.25, 0.3) is 0 Å². The number of rotatable bonds is 3. The van der Waals surface area contributed by atoms with Gasteiger partial charge in [0.1, 0.15) is 5.76 Å². The molecule has 0 radical (unpaired) electrons. The predicted molar refractivity (Wildman–Crippen MR) is 80.9 cm³/mol. The van der Waals surface area contributed by atoms with Crippen molar-refractivity contribution < 1.29 is 18.7 Å². The van der Waals surface area contributed by atoms with Gasteiger partial charge in [-0.1, -0.05) is 0 Å². The molecule has 3 rings (SSSR count). The van der Waals surface area contributed by atoms with Crippen molar-refractivity contribution in [3.8, 4) is 0 Å². The number of ether oxygens (including phenoxy) is 2. The van der Waals surface area contributed by atoms with Crippen molar-refractivity contribution in [2.75, 3.05) is 40.4 Å². The first-order valence-electron chi connectivity index (χ1n) is 7.75. The Morgan fingerprint density at radius 2 is 2.23 bits per heavy atom. The van der Waals surface area contributed by atoms with Crippen molar-refractivity contribution in [2.45, 2.75) is 32.0 Å². The molecule has 3 atom stereocenters. The number of aryl methyl sites for hydroxylation is 1. The Morgan fingerprint density at radius 1 is 1.45 bits per heavy atom. The summed E-state index contributed by atoms with van der Waals surface area (Å²) in [5.41, 5.74) is 0.818. The molecule has 122 valence electrons. The quantitative estimate of drug-likeness (QED) is 0.788. The molecule has 2 saturated heterocycles. The van der Waals surface area contributed by atoms with Crippen molar-refractivity contribution in [1.29, 1.82) is 0 Å². The summed E-state index contributed by atoms with van der Waals surface area (Å²) in [5, 5.41) is 0. The number of likely N-dealkylation sites (tertiary alicyclic amines) is 1. The molecule has 0 aliphatic carbocycles. The highest BCUT2D eigenvalue weighted by Crippen LogP contribution is 2.31. The molecular formula is C16H24N2O4. The summed E-state index contributed by atoms with van der Waals surface area (Å²) in [7, 11) is 3.52. The Kier molecular flexibility index (Phi) is 4.25. The third kappa shape index (κ3) is 2.66. The van der Waals surface area contributed by atoms with E-state index in [0.29, 0.717) is 11.8 Å². The van der Waals surface area contributed by atoms with E-state index in [1.807, 2.05) is 13.0 Å². The zero-order valence-electron chi connectivity index (χ0n) is 13.7. The summed E-state index contributed by atoms with van der Waals surface area (Å²) < 4.78 is 16.4. The fourth-order valence-corrected chi connectivity index (χ4v) is 3.39. The van der Waals surface area contributed by atoms with E-state index in [2.05, 4.69) is 23.8 Å². The molecule has 3 heterocycles. The average molecular weight is 308 g/mol. The molecule has 2 aliphatic rings. The summed E-state index contributed by atoms with van der Waals surface area (Å²) in [6, 6.07) is 2.48. The lowest BCUT2D eigenvalue weighted by molar-refractivity contribution is -0.0372. The minimum absolute atomic E-state index is 0.111. The summed E-state index contributed by atoms with van der Waals surface area (Å²) in [5.74, 6) is 0.683. The standard InChI is InChI=1S/C16H24N2O4/c1-10-7-13(22-15(10)16(19)20-4)11(2)18-8-12-14(9-18)21-6-5-17(12)3/h7,11-12,14H,5-6,8-9H2,1-4H3/t11-,12+,14-/m0/s1. The normalized spacial score (nSPS) is 27.6. The van der Waals surface area contributed by atoms with Gasteiger partial charge >= 0.3 is 5.97 Å². The van der Waals surface area contributed by atoms with E-state index in [4.69, 9.17) is 13.9 Å². The molecule has 0 amide bonds. The van der Waals surface area contributed by atoms with E-state index < -0.39 is 5.97 Å². The number of morpholine rings is 1. The highest BCUT2D eigenvalue weighted by atomic mass is 16.5. The van der Waals surface area contributed by atoms with Crippen molar-refractivity contribution >= 4 is 5.97 Å². The molecule has 0 unspecified atom stereocenters. The number of nitrogens with zero attached hydrogens (tertiary/aromatic N) is 2. The lowest BCUT2D eigenvalue weighted by Gasteiger charge is -2.33. The van der Waals surface area contributed by atoms with E-state index in [1.54, 1.807) is 0 Å². The molecule has 0 saturated carbocycles. The monoisotopic (exact) mass is 308 g/mol. The van der Waals surface area contributed by atoms with Crippen molar-refractivity contribution in [2.24, 2.45) is 0 Å². The van der Waals surface area contributed by atoms with Gasteiger partial charge in [0, 0.05) is 31.2 Å². The number of esters is 1. The molecule has 1 aromatic rings. The number of methoxy groups -OCH3 is 1. The van der Waals surface area contributed by atoms with Gasteiger partial charge in [0.25, 0.3) is 0 Å². The Morgan fingerprint density at radius 3 is 2.91 bits per heavy atom. The SMILES string of the molecule is COC(=O)c1oc([C@H](C)N2C[C@@H]3OCCN(C)[C@@H]3C2)cc1C. The summed E-state index contributed by atoms with van der Waals surface area (Å²) in [6.45, 7) is 7.60. The first-order valence-corrected chi connectivity index (χ1v) is 7.75. The van der Waals surface area contributed by atoms with Crippen LogP contribution in [0, 0.1) is 6.92 Å². The summed E-state index contributed by atoms with van der Waals surface area (Å²) >= 11 is 0. The van der Waals surface area contributed by atoms with Gasteiger partial charge in [-0.3, -0.25) is 9.80 Å². The van der Waals surface area contributed by atoms with Crippen LogP contribution in [-0.4, -0.2) is 68.3 Å². The number of hydrogen-bond donors (Lipinski definition) is 0. The number of carbonyl (C=O) groups is 1. The van der Waals surface area contributed by atoms with E-state index in [-0.39, 0.29) is 12.1 Å². The molecule has 0 aromatic carbocycles. The third-order valence-electron chi connectivity index (χ3n) is 4.87. The lowest BCUT2D eigenvalue weighted by atomic mass is 10.1. The van der Waals surface area contributed by atoms with E-state index in [1.165, 1.54) is 7.11 Å². The Labute approximate surface area is 131 Å². The molecular weight excluding hydrogens is 284 g/mol. The van der Waals surface area contributed by atoms with Crippen LogP contribution in [0.3, 0.4) is 0 Å². The van der Waals surface area contributed by atoms with E-state index in [9.17, 15) is 4.79 Å². The Bertz CT molecular complexity index is 556. The zero-order chi connectivity index (χ0) is 15.9. The van der Waals surface area contributed by atoms with Crippen LogP contribution in [0.1, 0.15) is 34.8 Å². The van der Waals surface area contributed by atoms with Crippen LogP contribution in [0.2, 0.25) is 0 Å². The Hall–Kier alpha value is -1.37. The summed E-state index contributed by atoms with van der Waals surface area (Å²) in [4.78, 5) is 16.4. The maximum atomic E-state index is 11.7. The van der Waals surface area contributed by atoms with Gasteiger partial charge in [0.05, 0.1) is 25.9 Å². The Balaban J connectivity index is 1.74. The molecule has 6 nitrogen and oxygen atoms in total. The number of hydrogen-bond acceptors (Lipinski definition) is 6. The molecule has 22 heavy (non-hydrogen) atoms. The van der Waals surface area contributed by atoms with Crippen molar-refractivity contribution in [3.63, 3.8) is 0 Å². The van der Waals surface area contributed by atoms with Gasteiger partial charge in [-0.15, -0.1) is 0 Å². The van der Waals surface area contributed by atoms with E-state index >= 15 is 0 Å². The topological polar surface area (TPSA) is 55.1 Å². The third-order valence-corrected chi connectivity index (χ3v) is 4.87. The second-order valence-electron chi connectivity index (χ2n) is 6.24.